The van der Waals surface area contributed by atoms with Crippen molar-refractivity contribution in [2.45, 2.75) is 6.61 Å². The largest absolute Gasteiger partial charge is 0.487 e. The summed E-state index contributed by atoms with van der Waals surface area (Å²) in [7, 11) is 0. The van der Waals surface area contributed by atoms with E-state index in [0.717, 1.165) is 5.56 Å². The maximum atomic E-state index is 13.6. The highest BCUT2D eigenvalue weighted by Gasteiger charge is 2.41. The molecule has 0 bridgehead atoms. The number of ether oxygens (including phenoxy) is 1. The zero-order valence-electron chi connectivity index (χ0n) is 20.2. The van der Waals surface area contributed by atoms with E-state index >= 15 is 0 Å². The van der Waals surface area contributed by atoms with Gasteiger partial charge >= 0.3 is 0 Å². The number of para-hydroxylation sites is 2. The number of halogens is 3. The Labute approximate surface area is 245 Å². The molecule has 0 aliphatic carbocycles. The van der Waals surface area contributed by atoms with Gasteiger partial charge in [-0.05, 0) is 78.0 Å². The van der Waals surface area contributed by atoms with E-state index in [1.54, 1.807) is 78.9 Å². The fourth-order valence-corrected chi connectivity index (χ4v) is 4.96. The van der Waals surface area contributed by atoms with Crippen molar-refractivity contribution in [1.29, 1.82) is 0 Å². The first-order chi connectivity index (χ1) is 18.8. The fraction of sp³-hybridized carbons (Fsp3) is 0.0333. The molecule has 0 radical (unpaired) electrons. The third-order valence-electron chi connectivity index (χ3n) is 5.92. The highest BCUT2D eigenvalue weighted by atomic mass is 35.5. The minimum Gasteiger partial charge on any atom is -0.487 e. The van der Waals surface area contributed by atoms with Crippen LogP contribution in [-0.2, 0) is 16.2 Å². The molecule has 9 heteroatoms. The number of anilines is 2. The van der Waals surface area contributed by atoms with E-state index in [9.17, 15) is 9.59 Å². The van der Waals surface area contributed by atoms with Crippen LogP contribution < -0.4 is 14.5 Å². The number of hydrogen-bond donors (Lipinski definition) is 0. The summed E-state index contributed by atoms with van der Waals surface area (Å²) in [5, 5.41) is 1.28. The molecule has 194 valence electrons. The number of thiocarbonyl (C=S) groups is 1. The number of carbonyl (C=O) groups excluding carboxylic acids is 2. The highest BCUT2D eigenvalue weighted by molar-refractivity contribution is 7.81. The molecule has 0 unspecified atom stereocenters. The average molecular weight is 594 g/mol. The maximum absolute atomic E-state index is 13.6. The Balaban J connectivity index is 1.47. The normalized spacial score (nSPS) is 13.6. The molecule has 1 aliphatic rings. The second kappa shape index (κ2) is 11.6. The van der Waals surface area contributed by atoms with Crippen molar-refractivity contribution in [2.75, 3.05) is 9.80 Å². The molecule has 1 aliphatic heterocycles. The number of nitrogens with zero attached hydrogens (tertiary/aromatic N) is 2. The van der Waals surface area contributed by atoms with Gasteiger partial charge in [0.25, 0.3) is 11.8 Å². The van der Waals surface area contributed by atoms with Gasteiger partial charge in [0.05, 0.1) is 26.4 Å². The summed E-state index contributed by atoms with van der Waals surface area (Å²) in [4.78, 5) is 30.0. The smallest absolute Gasteiger partial charge is 0.270 e. The molecule has 4 aromatic carbocycles. The molecular formula is C30H19Cl3N2O3S. The molecule has 1 fully saturated rings. The second-order valence-electron chi connectivity index (χ2n) is 8.52. The van der Waals surface area contributed by atoms with E-state index in [1.165, 1.54) is 15.9 Å². The summed E-state index contributed by atoms with van der Waals surface area (Å²) in [6.07, 6.45) is 1.51. The SMILES string of the molecule is O=C1C(=Cc2ccc(OCc3ccc(Cl)c(Cl)c3)c(Cl)c2)C(=O)N(c2ccccc2)C(=S)N1c1ccccc1. The fourth-order valence-electron chi connectivity index (χ4n) is 4.02. The Hall–Kier alpha value is -3.68. The third-order valence-corrected chi connectivity index (χ3v) is 7.32. The predicted octanol–water partition coefficient (Wildman–Crippen LogP) is 7.97. The molecule has 0 N–H and O–H groups in total. The lowest BCUT2D eigenvalue weighted by Gasteiger charge is -2.36. The Morgan fingerprint density at radius 1 is 0.692 bits per heavy atom. The second-order valence-corrected chi connectivity index (χ2v) is 10.1. The average Bonchev–Trinajstić information content (AvgIpc) is 2.94. The standard InChI is InChI=1S/C30H19Cl3N2O3S/c31-24-13-11-20(17-25(24)32)18-38-27-14-12-19(16-26(27)33)15-23-28(36)34(21-7-3-1-4-8-21)30(39)35(29(23)37)22-9-5-2-6-10-22/h1-17H,18H2. The van der Waals surface area contributed by atoms with Crippen molar-refractivity contribution in [3.63, 3.8) is 0 Å². The highest BCUT2D eigenvalue weighted by Crippen LogP contribution is 2.32. The summed E-state index contributed by atoms with van der Waals surface area (Å²) < 4.78 is 5.85. The zero-order valence-corrected chi connectivity index (χ0v) is 23.3. The van der Waals surface area contributed by atoms with Crippen molar-refractivity contribution in [2.24, 2.45) is 0 Å². The summed E-state index contributed by atoms with van der Waals surface area (Å²) in [6.45, 7) is 0.226. The molecule has 0 aromatic heterocycles. The lowest BCUT2D eigenvalue weighted by Crippen LogP contribution is -2.56. The molecule has 1 saturated heterocycles. The summed E-state index contributed by atoms with van der Waals surface area (Å²) >= 11 is 24.2. The molecule has 5 rings (SSSR count). The number of carbonyl (C=O) groups is 2. The first kappa shape index (κ1) is 26.9. The van der Waals surface area contributed by atoms with Gasteiger partial charge in [0.2, 0.25) is 0 Å². The van der Waals surface area contributed by atoms with Crippen molar-refractivity contribution in [3.8, 4) is 5.75 Å². The maximum Gasteiger partial charge on any atom is 0.270 e. The van der Waals surface area contributed by atoms with Crippen LogP contribution in [0, 0.1) is 0 Å². The van der Waals surface area contributed by atoms with E-state index in [-0.39, 0.29) is 17.3 Å². The van der Waals surface area contributed by atoms with Gasteiger partial charge in [-0.15, -0.1) is 0 Å². The van der Waals surface area contributed by atoms with Gasteiger partial charge in [0.15, 0.2) is 5.11 Å². The first-order valence-electron chi connectivity index (χ1n) is 11.7. The molecule has 5 nitrogen and oxygen atoms in total. The first-order valence-corrected chi connectivity index (χ1v) is 13.3. The van der Waals surface area contributed by atoms with Crippen LogP contribution in [-0.4, -0.2) is 16.9 Å². The number of amides is 2. The molecule has 0 spiro atoms. The van der Waals surface area contributed by atoms with Crippen LogP contribution in [0.4, 0.5) is 11.4 Å². The van der Waals surface area contributed by atoms with E-state index in [4.69, 9.17) is 51.8 Å². The number of benzene rings is 4. The van der Waals surface area contributed by atoms with E-state index < -0.39 is 11.8 Å². The monoisotopic (exact) mass is 592 g/mol. The quantitative estimate of drug-likeness (QED) is 0.129. The van der Waals surface area contributed by atoms with Gasteiger partial charge in [-0.25, -0.2) is 0 Å². The van der Waals surface area contributed by atoms with Crippen LogP contribution >= 0.6 is 47.0 Å². The lowest BCUT2D eigenvalue weighted by molar-refractivity contribution is -0.120. The molecule has 2 amide bonds. The summed E-state index contributed by atoms with van der Waals surface area (Å²) in [5.41, 5.74) is 2.42. The minimum atomic E-state index is -0.528. The molecule has 4 aromatic rings. The van der Waals surface area contributed by atoms with Crippen molar-refractivity contribution in [1.82, 2.24) is 0 Å². The van der Waals surface area contributed by atoms with Crippen LogP contribution in [0.3, 0.4) is 0 Å². The van der Waals surface area contributed by atoms with Gasteiger partial charge in [0.1, 0.15) is 17.9 Å². The van der Waals surface area contributed by atoms with E-state index in [2.05, 4.69) is 0 Å². The zero-order chi connectivity index (χ0) is 27.5. The van der Waals surface area contributed by atoms with Crippen LogP contribution in [0.5, 0.6) is 5.75 Å². The molecule has 0 atom stereocenters. The van der Waals surface area contributed by atoms with E-state index in [1.807, 2.05) is 18.2 Å². The van der Waals surface area contributed by atoms with Crippen LogP contribution in [0.1, 0.15) is 11.1 Å². The van der Waals surface area contributed by atoms with Gasteiger partial charge < -0.3 is 4.74 Å². The summed E-state index contributed by atoms with van der Waals surface area (Å²) in [5.74, 6) is -0.622. The Morgan fingerprint density at radius 3 is 1.82 bits per heavy atom. The minimum absolute atomic E-state index is 0.0585. The van der Waals surface area contributed by atoms with Crippen LogP contribution in [0.15, 0.2) is 103 Å². The third kappa shape index (κ3) is 5.70. The van der Waals surface area contributed by atoms with Gasteiger partial charge in [0, 0.05) is 0 Å². The predicted molar refractivity (Wildman–Crippen MR) is 161 cm³/mol. The van der Waals surface area contributed by atoms with Gasteiger partial charge in [-0.1, -0.05) is 83.3 Å². The lowest BCUT2D eigenvalue weighted by atomic mass is 10.0. The van der Waals surface area contributed by atoms with E-state index in [0.29, 0.717) is 37.8 Å². The van der Waals surface area contributed by atoms with Crippen LogP contribution in [0.2, 0.25) is 15.1 Å². The number of hydrogen-bond acceptors (Lipinski definition) is 4. The Bertz CT molecular complexity index is 1550. The van der Waals surface area contributed by atoms with Crippen molar-refractivity contribution < 1.29 is 14.3 Å². The van der Waals surface area contributed by atoms with Crippen molar-refractivity contribution in [3.05, 3.63) is 129 Å². The molecular weight excluding hydrogens is 575 g/mol. The molecule has 1 heterocycles. The Kier molecular flexibility index (Phi) is 8.00. The van der Waals surface area contributed by atoms with Crippen LogP contribution in [0.25, 0.3) is 6.08 Å². The van der Waals surface area contributed by atoms with Gasteiger partial charge in [-0.2, -0.15) is 0 Å². The number of rotatable bonds is 6. The van der Waals surface area contributed by atoms with Crippen molar-refractivity contribution >= 4 is 81.4 Å². The molecule has 0 saturated carbocycles. The Morgan fingerprint density at radius 2 is 1.28 bits per heavy atom. The molecule has 39 heavy (non-hydrogen) atoms. The summed E-state index contributed by atoms with van der Waals surface area (Å²) in [6, 6.07) is 28.2. The van der Waals surface area contributed by atoms with Gasteiger partial charge in [-0.3, -0.25) is 19.4 Å². The topological polar surface area (TPSA) is 49.9 Å².